The molecule has 258 valence electrons. The molecule has 0 amide bonds. The van der Waals surface area contributed by atoms with Crippen LogP contribution in [0, 0.1) is 0 Å². The zero-order valence-electron chi connectivity index (χ0n) is 29.5. The Balaban J connectivity index is 3.34. The quantitative estimate of drug-likeness (QED) is 0.0561. The number of aliphatic hydroxyl groups is 1. The first kappa shape index (κ1) is 42.4. The average molecular weight is 611 g/mol. The van der Waals surface area contributed by atoms with E-state index in [9.17, 15) is 9.90 Å². The van der Waals surface area contributed by atoms with Gasteiger partial charge in [-0.3, -0.25) is 4.79 Å². The number of carbonyl (C=O) groups excluding carboxylic acids is 1. The van der Waals surface area contributed by atoms with Gasteiger partial charge in [0.05, 0.1) is 13.2 Å². The highest BCUT2D eigenvalue weighted by atomic mass is 16.6. The summed E-state index contributed by atoms with van der Waals surface area (Å²) in [6, 6.07) is 0. The predicted octanol–water partition coefficient (Wildman–Crippen LogP) is 12.4. The zero-order valence-corrected chi connectivity index (χ0v) is 29.5. The van der Waals surface area contributed by atoms with E-state index in [1.54, 1.807) is 0 Å². The molecule has 0 aromatic carbocycles. The number of esters is 1. The maximum Gasteiger partial charge on any atom is 0.306 e. The van der Waals surface area contributed by atoms with E-state index < -0.39 is 6.10 Å². The minimum Gasteiger partial charge on any atom is -0.457 e. The number of rotatable bonds is 37. The number of ether oxygens (including phenoxy) is 2. The van der Waals surface area contributed by atoms with Crippen molar-refractivity contribution in [3.8, 4) is 0 Å². The first-order valence-electron chi connectivity index (χ1n) is 19.6. The van der Waals surface area contributed by atoms with Crippen molar-refractivity contribution < 1.29 is 19.4 Å². The number of aliphatic hydroxyl groups excluding tert-OH is 1. The second kappa shape index (κ2) is 37.6. The van der Waals surface area contributed by atoms with Gasteiger partial charge in [-0.2, -0.15) is 0 Å². The van der Waals surface area contributed by atoms with Crippen LogP contribution < -0.4 is 0 Å². The molecule has 1 unspecified atom stereocenters. The minimum absolute atomic E-state index is 0.164. The van der Waals surface area contributed by atoms with Crippen molar-refractivity contribution in [1.29, 1.82) is 0 Å². The zero-order chi connectivity index (χ0) is 31.3. The Hall–Kier alpha value is -0.610. The van der Waals surface area contributed by atoms with Gasteiger partial charge in [-0.15, -0.1) is 0 Å². The summed E-state index contributed by atoms with van der Waals surface area (Å²) in [6.07, 6.45) is 41.5. The molecule has 4 heteroatoms. The lowest BCUT2D eigenvalue weighted by atomic mass is 10.0. The molecule has 43 heavy (non-hydrogen) atoms. The van der Waals surface area contributed by atoms with Crippen LogP contribution in [-0.4, -0.2) is 37.0 Å². The fraction of sp³-hybridized carbons (Fsp3) is 0.974. The fourth-order valence-corrected chi connectivity index (χ4v) is 5.98. The topological polar surface area (TPSA) is 55.8 Å². The van der Waals surface area contributed by atoms with Crippen LogP contribution in [0.4, 0.5) is 0 Å². The van der Waals surface area contributed by atoms with Crippen molar-refractivity contribution in [3.63, 3.8) is 0 Å². The molecule has 1 atom stereocenters. The van der Waals surface area contributed by atoms with Crippen LogP contribution in [0.15, 0.2) is 0 Å². The predicted molar refractivity (Wildman–Crippen MR) is 187 cm³/mol. The van der Waals surface area contributed by atoms with E-state index >= 15 is 0 Å². The van der Waals surface area contributed by atoms with Crippen LogP contribution in [0.3, 0.4) is 0 Å². The summed E-state index contributed by atoms with van der Waals surface area (Å²) < 4.78 is 11.1. The van der Waals surface area contributed by atoms with Gasteiger partial charge in [0.25, 0.3) is 0 Å². The van der Waals surface area contributed by atoms with Crippen molar-refractivity contribution in [2.75, 3.05) is 19.8 Å². The highest BCUT2D eigenvalue weighted by molar-refractivity contribution is 5.69. The Bertz CT molecular complexity index is 523. The summed E-state index contributed by atoms with van der Waals surface area (Å²) in [5, 5.41) is 9.54. The van der Waals surface area contributed by atoms with E-state index in [-0.39, 0.29) is 12.6 Å². The lowest BCUT2D eigenvalue weighted by molar-refractivity contribution is -0.154. The van der Waals surface area contributed by atoms with Gasteiger partial charge in [0.15, 0.2) is 0 Å². The van der Waals surface area contributed by atoms with Crippen LogP contribution in [-0.2, 0) is 14.3 Å². The van der Waals surface area contributed by atoms with E-state index in [4.69, 9.17) is 9.47 Å². The van der Waals surface area contributed by atoms with Gasteiger partial charge in [0.2, 0.25) is 0 Å². The van der Waals surface area contributed by atoms with Crippen LogP contribution in [0.1, 0.15) is 219 Å². The second-order valence-electron chi connectivity index (χ2n) is 13.4. The summed E-state index contributed by atoms with van der Waals surface area (Å²) in [7, 11) is 0. The third-order valence-electron chi connectivity index (χ3n) is 8.93. The van der Waals surface area contributed by atoms with E-state index in [2.05, 4.69) is 13.8 Å². The standard InChI is InChI=1S/C39H78O4/c1-3-5-7-9-11-13-15-16-17-18-19-20-21-22-23-24-25-26-28-30-32-34-39(41)43-38(36-40)37-42-35-33-31-29-27-14-12-10-8-6-4-2/h38,40H,3-37H2,1-2H3. The Morgan fingerprint density at radius 3 is 1.09 bits per heavy atom. The van der Waals surface area contributed by atoms with Gasteiger partial charge in [-0.25, -0.2) is 0 Å². The second-order valence-corrected chi connectivity index (χ2v) is 13.4. The van der Waals surface area contributed by atoms with Crippen LogP contribution in [0.5, 0.6) is 0 Å². The Labute approximate surface area is 270 Å². The van der Waals surface area contributed by atoms with Crippen molar-refractivity contribution in [1.82, 2.24) is 0 Å². The lowest BCUT2D eigenvalue weighted by Gasteiger charge is -2.16. The van der Waals surface area contributed by atoms with Gasteiger partial charge in [0.1, 0.15) is 6.10 Å². The molecule has 0 rings (SSSR count). The molecule has 0 radical (unpaired) electrons. The van der Waals surface area contributed by atoms with Crippen molar-refractivity contribution in [2.45, 2.75) is 225 Å². The van der Waals surface area contributed by atoms with Crippen LogP contribution in [0.2, 0.25) is 0 Å². The molecule has 0 heterocycles. The largest absolute Gasteiger partial charge is 0.457 e. The van der Waals surface area contributed by atoms with Gasteiger partial charge in [0, 0.05) is 13.0 Å². The average Bonchev–Trinajstić information content (AvgIpc) is 3.01. The van der Waals surface area contributed by atoms with Crippen LogP contribution >= 0.6 is 0 Å². The van der Waals surface area contributed by atoms with E-state index in [1.807, 2.05) is 0 Å². The molecule has 1 N–H and O–H groups in total. The molecule has 0 aromatic heterocycles. The van der Waals surface area contributed by atoms with E-state index in [0.29, 0.717) is 19.6 Å². The van der Waals surface area contributed by atoms with Gasteiger partial charge >= 0.3 is 5.97 Å². The number of hydrogen-bond acceptors (Lipinski definition) is 4. The molecule has 0 fully saturated rings. The first-order chi connectivity index (χ1) is 21.2. The Morgan fingerprint density at radius 2 is 0.767 bits per heavy atom. The summed E-state index contributed by atoms with van der Waals surface area (Å²) in [6.45, 7) is 5.38. The lowest BCUT2D eigenvalue weighted by Crippen LogP contribution is -2.27. The summed E-state index contributed by atoms with van der Waals surface area (Å²) in [4.78, 5) is 12.1. The summed E-state index contributed by atoms with van der Waals surface area (Å²) in [5.74, 6) is -0.195. The number of unbranched alkanes of at least 4 members (excludes halogenated alkanes) is 29. The highest BCUT2D eigenvalue weighted by Crippen LogP contribution is 2.16. The van der Waals surface area contributed by atoms with E-state index in [0.717, 1.165) is 19.3 Å². The molecule has 0 aliphatic carbocycles. The molecule has 0 saturated carbocycles. The van der Waals surface area contributed by atoms with E-state index in [1.165, 1.54) is 180 Å². The fourth-order valence-electron chi connectivity index (χ4n) is 5.98. The molecule has 0 aromatic rings. The normalized spacial score (nSPS) is 12.2. The molecule has 0 saturated heterocycles. The minimum atomic E-state index is -0.523. The van der Waals surface area contributed by atoms with Gasteiger partial charge in [-0.1, -0.05) is 200 Å². The molecule has 0 aliphatic rings. The van der Waals surface area contributed by atoms with Crippen LogP contribution in [0.25, 0.3) is 0 Å². The molecule has 0 aliphatic heterocycles. The van der Waals surface area contributed by atoms with Gasteiger partial charge in [-0.05, 0) is 12.8 Å². The first-order valence-corrected chi connectivity index (χ1v) is 19.6. The smallest absolute Gasteiger partial charge is 0.306 e. The molecule has 0 bridgehead atoms. The Morgan fingerprint density at radius 1 is 0.465 bits per heavy atom. The third-order valence-corrected chi connectivity index (χ3v) is 8.93. The summed E-state index contributed by atoms with van der Waals surface area (Å²) in [5.41, 5.74) is 0. The molecular weight excluding hydrogens is 532 g/mol. The van der Waals surface area contributed by atoms with Crippen molar-refractivity contribution in [3.05, 3.63) is 0 Å². The van der Waals surface area contributed by atoms with Crippen molar-refractivity contribution in [2.24, 2.45) is 0 Å². The van der Waals surface area contributed by atoms with Crippen molar-refractivity contribution >= 4 is 5.97 Å². The Kier molecular flexibility index (Phi) is 37.0. The number of carbonyl (C=O) groups is 1. The molecular formula is C39H78O4. The molecule has 0 spiro atoms. The maximum absolute atomic E-state index is 12.1. The van der Waals surface area contributed by atoms with Gasteiger partial charge < -0.3 is 14.6 Å². The summed E-state index contributed by atoms with van der Waals surface area (Å²) >= 11 is 0. The maximum atomic E-state index is 12.1. The number of hydrogen-bond donors (Lipinski definition) is 1. The third kappa shape index (κ3) is 35.7. The highest BCUT2D eigenvalue weighted by Gasteiger charge is 2.13. The molecule has 4 nitrogen and oxygen atoms in total. The SMILES string of the molecule is CCCCCCCCCCCCCCCCCCCCCCCC(=O)OC(CO)COCCCCCCCCCCCC. The monoisotopic (exact) mass is 611 g/mol.